The van der Waals surface area contributed by atoms with Gasteiger partial charge in [-0.15, -0.1) is 0 Å². The van der Waals surface area contributed by atoms with Gasteiger partial charge in [-0.25, -0.2) is 0 Å². The molecule has 0 saturated carbocycles. The number of nitriles is 1. The van der Waals surface area contributed by atoms with E-state index in [1.165, 1.54) is 6.42 Å². The Morgan fingerprint density at radius 1 is 1.27 bits per heavy atom. The summed E-state index contributed by atoms with van der Waals surface area (Å²) in [7, 11) is 0. The van der Waals surface area contributed by atoms with Gasteiger partial charge in [-0.2, -0.15) is 5.26 Å². The zero-order chi connectivity index (χ0) is 11.3. The van der Waals surface area contributed by atoms with E-state index < -0.39 is 0 Å². The van der Waals surface area contributed by atoms with Gasteiger partial charge in [0.05, 0.1) is 11.6 Å². The Bertz CT molecular complexity index is 335. The van der Waals surface area contributed by atoms with Crippen LogP contribution in [0.4, 0.5) is 5.69 Å². The molecule has 0 radical (unpaired) electrons. The quantitative estimate of drug-likeness (QED) is 0.812. The summed E-state index contributed by atoms with van der Waals surface area (Å²) in [5, 5.41) is 12.1. The molecule has 15 heavy (non-hydrogen) atoms. The third-order valence-electron chi connectivity index (χ3n) is 2.91. The fourth-order valence-electron chi connectivity index (χ4n) is 1.40. The van der Waals surface area contributed by atoms with Crippen molar-refractivity contribution >= 4 is 5.69 Å². The van der Waals surface area contributed by atoms with Crippen LogP contribution in [0.15, 0.2) is 24.3 Å². The minimum Gasteiger partial charge on any atom is -0.382 e. The second kappa shape index (κ2) is 5.41. The molecule has 1 aromatic carbocycles. The Morgan fingerprint density at radius 2 is 1.87 bits per heavy atom. The lowest BCUT2D eigenvalue weighted by molar-refractivity contribution is 0.494. The number of rotatable bonds is 4. The summed E-state index contributed by atoms with van der Waals surface area (Å²) in [6, 6.07) is 10.2. The standard InChI is InChI=1S/C13H18N2/c1-4-10(2)11(3)15-13-7-5-12(9-14)6-8-13/h5-8,10-11,15H,4H2,1-3H3/t10-,11-/m1/s1. The van der Waals surface area contributed by atoms with Crippen LogP contribution in [0.3, 0.4) is 0 Å². The molecule has 1 rings (SSSR count). The Morgan fingerprint density at radius 3 is 2.33 bits per heavy atom. The highest BCUT2D eigenvalue weighted by Crippen LogP contribution is 2.15. The maximum atomic E-state index is 8.67. The molecule has 2 nitrogen and oxygen atoms in total. The Hall–Kier alpha value is -1.49. The van der Waals surface area contributed by atoms with E-state index in [0.717, 1.165) is 5.69 Å². The predicted octanol–water partition coefficient (Wildman–Crippen LogP) is 3.40. The fourth-order valence-corrected chi connectivity index (χ4v) is 1.40. The van der Waals surface area contributed by atoms with Gasteiger partial charge in [-0.05, 0) is 37.1 Å². The lowest BCUT2D eigenvalue weighted by Gasteiger charge is -2.21. The van der Waals surface area contributed by atoms with E-state index in [1.54, 1.807) is 0 Å². The molecule has 0 unspecified atom stereocenters. The molecule has 0 aliphatic rings. The molecule has 0 aromatic heterocycles. The van der Waals surface area contributed by atoms with E-state index in [0.29, 0.717) is 17.5 Å². The molecule has 2 atom stereocenters. The highest BCUT2D eigenvalue weighted by molar-refractivity contribution is 5.47. The first kappa shape index (κ1) is 11.6. The molecule has 0 amide bonds. The molecule has 0 spiro atoms. The maximum Gasteiger partial charge on any atom is 0.0991 e. The number of nitrogens with zero attached hydrogens (tertiary/aromatic N) is 1. The van der Waals surface area contributed by atoms with Gasteiger partial charge in [0.2, 0.25) is 0 Å². The first-order valence-corrected chi connectivity index (χ1v) is 5.44. The third kappa shape index (κ3) is 3.28. The normalized spacial score (nSPS) is 14.0. The van der Waals surface area contributed by atoms with E-state index >= 15 is 0 Å². The van der Waals surface area contributed by atoms with Gasteiger partial charge in [-0.1, -0.05) is 20.3 Å². The number of nitrogens with one attached hydrogen (secondary N) is 1. The van der Waals surface area contributed by atoms with Crippen LogP contribution in [0.1, 0.15) is 32.8 Å². The zero-order valence-electron chi connectivity index (χ0n) is 9.62. The summed E-state index contributed by atoms with van der Waals surface area (Å²) in [5.41, 5.74) is 1.79. The molecule has 1 N–H and O–H groups in total. The average Bonchev–Trinajstić information content (AvgIpc) is 2.29. The van der Waals surface area contributed by atoms with E-state index in [1.807, 2.05) is 24.3 Å². The van der Waals surface area contributed by atoms with E-state index in [-0.39, 0.29) is 0 Å². The highest BCUT2D eigenvalue weighted by Gasteiger charge is 2.09. The van der Waals surface area contributed by atoms with Crippen LogP contribution in [0.25, 0.3) is 0 Å². The molecule has 0 aliphatic carbocycles. The van der Waals surface area contributed by atoms with Crippen LogP contribution in [0.5, 0.6) is 0 Å². The SMILES string of the molecule is CC[C@@H](C)[C@@H](C)Nc1ccc(C#N)cc1. The van der Waals surface area contributed by atoms with Crippen molar-refractivity contribution in [2.45, 2.75) is 33.2 Å². The van der Waals surface area contributed by atoms with Crippen LogP contribution in [-0.2, 0) is 0 Å². The summed E-state index contributed by atoms with van der Waals surface area (Å²) < 4.78 is 0. The number of hydrogen-bond donors (Lipinski definition) is 1. The van der Waals surface area contributed by atoms with Crippen LogP contribution >= 0.6 is 0 Å². The van der Waals surface area contributed by atoms with Crippen molar-refractivity contribution in [1.29, 1.82) is 5.26 Å². The minimum absolute atomic E-state index is 0.461. The minimum atomic E-state index is 0.461. The fraction of sp³-hybridized carbons (Fsp3) is 0.462. The van der Waals surface area contributed by atoms with Crippen molar-refractivity contribution in [3.05, 3.63) is 29.8 Å². The molecular weight excluding hydrogens is 184 g/mol. The second-order valence-corrected chi connectivity index (χ2v) is 4.01. The summed E-state index contributed by atoms with van der Waals surface area (Å²) in [5.74, 6) is 0.653. The first-order chi connectivity index (χ1) is 7.17. The van der Waals surface area contributed by atoms with Gasteiger partial charge in [-0.3, -0.25) is 0 Å². The average molecular weight is 202 g/mol. The molecule has 0 saturated heterocycles. The zero-order valence-corrected chi connectivity index (χ0v) is 9.62. The largest absolute Gasteiger partial charge is 0.382 e. The summed E-state index contributed by atoms with van der Waals surface area (Å²) >= 11 is 0. The number of hydrogen-bond acceptors (Lipinski definition) is 2. The van der Waals surface area contributed by atoms with Gasteiger partial charge < -0.3 is 5.32 Å². The monoisotopic (exact) mass is 202 g/mol. The molecule has 2 heteroatoms. The highest BCUT2D eigenvalue weighted by atomic mass is 14.9. The molecule has 80 valence electrons. The molecular formula is C13H18N2. The van der Waals surface area contributed by atoms with Crippen molar-refractivity contribution in [1.82, 2.24) is 0 Å². The van der Waals surface area contributed by atoms with Crippen LogP contribution < -0.4 is 5.32 Å². The van der Waals surface area contributed by atoms with E-state index in [9.17, 15) is 0 Å². The Kier molecular flexibility index (Phi) is 4.17. The first-order valence-electron chi connectivity index (χ1n) is 5.44. The topological polar surface area (TPSA) is 35.8 Å². The van der Waals surface area contributed by atoms with Crippen molar-refractivity contribution in [3.8, 4) is 6.07 Å². The van der Waals surface area contributed by atoms with Crippen LogP contribution in [-0.4, -0.2) is 6.04 Å². The van der Waals surface area contributed by atoms with Crippen molar-refractivity contribution in [2.75, 3.05) is 5.32 Å². The van der Waals surface area contributed by atoms with Gasteiger partial charge >= 0.3 is 0 Å². The molecule has 0 aliphatic heterocycles. The molecule has 0 fully saturated rings. The van der Waals surface area contributed by atoms with Gasteiger partial charge in [0.1, 0.15) is 0 Å². The van der Waals surface area contributed by atoms with Gasteiger partial charge in [0, 0.05) is 11.7 Å². The van der Waals surface area contributed by atoms with E-state index in [2.05, 4.69) is 32.2 Å². The lowest BCUT2D eigenvalue weighted by atomic mass is 10.0. The summed E-state index contributed by atoms with van der Waals surface area (Å²) in [4.78, 5) is 0. The van der Waals surface area contributed by atoms with Crippen molar-refractivity contribution in [3.63, 3.8) is 0 Å². The molecule has 0 heterocycles. The van der Waals surface area contributed by atoms with Crippen molar-refractivity contribution < 1.29 is 0 Å². The van der Waals surface area contributed by atoms with Crippen LogP contribution in [0.2, 0.25) is 0 Å². The Balaban J connectivity index is 2.61. The van der Waals surface area contributed by atoms with Gasteiger partial charge in [0.25, 0.3) is 0 Å². The maximum absolute atomic E-state index is 8.67. The van der Waals surface area contributed by atoms with Crippen LogP contribution in [0, 0.1) is 17.2 Å². The lowest BCUT2D eigenvalue weighted by Crippen LogP contribution is -2.23. The smallest absolute Gasteiger partial charge is 0.0991 e. The van der Waals surface area contributed by atoms with E-state index in [4.69, 9.17) is 5.26 Å². The third-order valence-corrected chi connectivity index (χ3v) is 2.91. The number of benzene rings is 1. The van der Waals surface area contributed by atoms with Crippen molar-refractivity contribution in [2.24, 2.45) is 5.92 Å². The van der Waals surface area contributed by atoms with Gasteiger partial charge in [0.15, 0.2) is 0 Å². The second-order valence-electron chi connectivity index (χ2n) is 4.01. The Labute approximate surface area is 91.9 Å². The molecule has 0 bridgehead atoms. The molecule has 1 aromatic rings. The summed E-state index contributed by atoms with van der Waals surface area (Å²) in [6.45, 7) is 6.62. The summed E-state index contributed by atoms with van der Waals surface area (Å²) in [6.07, 6.45) is 1.17. The number of anilines is 1. The predicted molar refractivity (Wildman–Crippen MR) is 63.7 cm³/mol.